The van der Waals surface area contributed by atoms with Crippen molar-refractivity contribution in [3.8, 4) is 22.3 Å². The Bertz CT molecular complexity index is 1740. The highest BCUT2D eigenvalue weighted by atomic mass is 19.4. The third-order valence-corrected chi connectivity index (χ3v) is 6.79. The van der Waals surface area contributed by atoms with Gasteiger partial charge in [0, 0.05) is 23.4 Å². The van der Waals surface area contributed by atoms with E-state index in [-0.39, 0.29) is 5.91 Å². The molecule has 0 aliphatic carbocycles. The van der Waals surface area contributed by atoms with Gasteiger partial charge in [-0.2, -0.15) is 13.2 Å². The maximum Gasteiger partial charge on any atom is 0.416 e. The van der Waals surface area contributed by atoms with Gasteiger partial charge in [0.05, 0.1) is 5.56 Å². The summed E-state index contributed by atoms with van der Waals surface area (Å²) in [6.45, 7) is 0.316. The largest absolute Gasteiger partial charge is 0.416 e. The van der Waals surface area contributed by atoms with Crippen LogP contribution in [0, 0.1) is 0 Å². The van der Waals surface area contributed by atoms with Crippen molar-refractivity contribution >= 4 is 23.6 Å². The average Bonchev–Trinajstić information content (AvgIpc) is 3.03. The highest BCUT2D eigenvalue weighted by Crippen LogP contribution is 2.32. The molecule has 0 fully saturated rings. The van der Waals surface area contributed by atoms with E-state index in [0.29, 0.717) is 34.5 Å². The zero-order chi connectivity index (χ0) is 30.2. The molecule has 0 unspecified atom stereocenters. The number of hydrogen-bond acceptors (Lipinski definition) is 2. The minimum absolute atomic E-state index is 0.291. The normalized spacial score (nSPS) is 11.3. The van der Waals surface area contributed by atoms with Crippen LogP contribution in [0.1, 0.15) is 31.8 Å². The monoisotopic (exact) mass is 576 g/mol. The van der Waals surface area contributed by atoms with Gasteiger partial charge in [0.2, 0.25) is 0 Å². The predicted molar refractivity (Wildman–Crippen MR) is 165 cm³/mol. The molecule has 43 heavy (non-hydrogen) atoms. The highest BCUT2D eigenvalue weighted by molar-refractivity contribution is 6.09. The predicted octanol–water partition coefficient (Wildman–Crippen LogP) is 8.73. The molecule has 2 amide bonds. The molecule has 5 aromatic carbocycles. The van der Waals surface area contributed by atoms with Gasteiger partial charge in [0.15, 0.2) is 0 Å². The van der Waals surface area contributed by atoms with Crippen LogP contribution in [0.3, 0.4) is 0 Å². The van der Waals surface area contributed by atoms with Crippen molar-refractivity contribution < 1.29 is 22.8 Å². The lowest BCUT2D eigenvalue weighted by molar-refractivity contribution is -0.137. The van der Waals surface area contributed by atoms with Gasteiger partial charge in [-0.3, -0.25) is 9.59 Å². The van der Waals surface area contributed by atoms with Crippen molar-refractivity contribution in [1.29, 1.82) is 0 Å². The summed E-state index contributed by atoms with van der Waals surface area (Å²) in [7, 11) is 0. The molecule has 0 saturated heterocycles. The summed E-state index contributed by atoms with van der Waals surface area (Å²) >= 11 is 0. The first-order valence-electron chi connectivity index (χ1n) is 13.6. The number of halogens is 3. The van der Waals surface area contributed by atoms with Gasteiger partial charge >= 0.3 is 6.18 Å². The number of alkyl halides is 3. The molecule has 0 radical (unpaired) electrons. The summed E-state index contributed by atoms with van der Waals surface area (Å²) in [6.07, 6.45) is -0.656. The Kier molecular flexibility index (Phi) is 8.82. The van der Waals surface area contributed by atoms with Crippen molar-refractivity contribution in [3.63, 3.8) is 0 Å². The number of hydrogen-bond donors (Lipinski definition) is 2. The summed E-state index contributed by atoms with van der Waals surface area (Å²) in [5.41, 5.74) is 4.56. The van der Waals surface area contributed by atoms with Gasteiger partial charge in [-0.05, 0) is 64.2 Å². The van der Waals surface area contributed by atoms with Gasteiger partial charge in [-0.1, -0.05) is 103 Å². The van der Waals surface area contributed by atoms with E-state index >= 15 is 0 Å². The topological polar surface area (TPSA) is 58.2 Å². The molecule has 0 aliphatic heterocycles. The molecule has 0 bridgehead atoms. The van der Waals surface area contributed by atoms with Gasteiger partial charge in [0.1, 0.15) is 0 Å². The Morgan fingerprint density at radius 1 is 0.651 bits per heavy atom. The lowest BCUT2D eigenvalue weighted by Gasteiger charge is -2.12. The minimum Gasteiger partial charge on any atom is -0.349 e. The number of nitrogens with one attached hydrogen (secondary N) is 2. The van der Waals surface area contributed by atoms with E-state index in [1.807, 2.05) is 42.5 Å². The standard InChI is InChI=1S/C36H27F3N2O2/c37-36(38,39)30-21-19-28(20-22-30)32-13-4-5-14-33(32)35(43)41-31-12-6-11-29(24-31)34(42)40-23-7-8-25-15-17-27(18-16-25)26-9-2-1-3-10-26/h1-22,24H,23H2,(H,40,42)(H,41,43). The van der Waals surface area contributed by atoms with Gasteiger partial charge in [-0.25, -0.2) is 0 Å². The van der Waals surface area contributed by atoms with Crippen LogP contribution in [0.2, 0.25) is 0 Å². The zero-order valence-corrected chi connectivity index (χ0v) is 22.9. The molecule has 7 heteroatoms. The molecule has 5 aromatic rings. The SMILES string of the molecule is O=C(NCC=Cc1ccc(-c2ccccc2)cc1)c1cccc(NC(=O)c2ccccc2-c2ccc(C(F)(F)F)cc2)c1. The first kappa shape index (κ1) is 29.1. The summed E-state index contributed by atoms with van der Waals surface area (Å²) in [5, 5.41) is 5.64. The van der Waals surface area contributed by atoms with Crippen LogP contribution in [0.25, 0.3) is 28.3 Å². The van der Waals surface area contributed by atoms with Crippen molar-refractivity contribution in [2.24, 2.45) is 0 Å². The number of amides is 2. The van der Waals surface area contributed by atoms with E-state index in [0.717, 1.165) is 28.8 Å². The molecule has 4 nitrogen and oxygen atoms in total. The maximum absolute atomic E-state index is 13.2. The lowest BCUT2D eigenvalue weighted by Crippen LogP contribution is -2.23. The van der Waals surface area contributed by atoms with Crippen LogP contribution in [0.4, 0.5) is 18.9 Å². The van der Waals surface area contributed by atoms with Crippen LogP contribution in [-0.2, 0) is 6.18 Å². The lowest BCUT2D eigenvalue weighted by atomic mass is 9.98. The number of anilines is 1. The van der Waals surface area contributed by atoms with E-state index in [9.17, 15) is 22.8 Å². The summed E-state index contributed by atoms with van der Waals surface area (Å²) in [4.78, 5) is 25.9. The molecule has 214 valence electrons. The molecule has 5 rings (SSSR count). The molecule has 0 heterocycles. The number of carbonyl (C=O) groups excluding carboxylic acids is 2. The molecular weight excluding hydrogens is 549 g/mol. The van der Waals surface area contributed by atoms with E-state index in [2.05, 4.69) is 34.9 Å². The van der Waals surface area contributed by atoms with Crippen LogP contribution in [0.15, 0.2) is 133 Å². The first-order valence-corrected chi connectivity index (χ1v) is 13.6. The molecule has 0 saturated carbocycles. The van der Waals surface area contributed by atoms with Crippen molar-refractivity contribution in [1.82, 2.24) is 5.32 Å². The fourth-order valence-corrected chi connectivity index (χ4v) is 4.57. The zero-order valence-electron chi connectivity index (χ0n) is 22.9. The second-order valence-electron chi connectivity index (χ2n) is 9.76. The smallest absolute Gasteiger partial charge is 0.349 e. The second-order valence-corrected chi connectivity index (χ2v) is 9.76. The van der Waals surface area contributed by atoms with Crippen molar-refractivity contribution in [2.75, 3.05) is 11.9 Å². The van der Waals surface area contributed by atoms with Crippen LogP contribution in [-0.4, -0.2) is 18.4 Å². The minimum atomic E-state index is -4.45. The fourth-order valence-electron chi connectivity index (χ4n) is 4.57. The molecular formula is C36H27F3N2O2. The Morgan fingerprint density at radius 3 is 2.02 bits per heavy atom. The quantitative estimate of drug-likeness (QED) is 0.194. The van der Waals surface area contributed by atoms with E-state index < -0.39 is 17.6 Å². The number of benzene rings is 5. The summed E-state index contributed by atoms with van der Waals surface area (Å²) in [6, 6.07) is 36.1. The van der Waals surface area contributed by atoms with E-state index in [4.69, 9.17) is 0 Å². The molecule has 0 spiro atoms. The highest BCUT2D eigenvalue weighted by Gasteiger charge is 2.30. The van der Waals surface area contributed by atoms with Crippen LogP contribution >= 0.6 is 0 Å². The maximum atomic E-state index is 13.2. The van der Waals surface area contributed by atoms with Gasteiger partial charge in [-0.15, -0.1) is 0 Å². The third-order valence-electron chi connectivity index (χ3n) is 6.79. The summed E-state index contributed by atoms with van der Waals surface area (Å²) < 4.78 is 39.0. The first-order chi connectivity index (χ1) is 20.8. The van der Waals surface area contributed by atoms with Crippen molar-refractivity contribution in [3.05, 3.63) is 156 Å². The van der Waals surface area contributed by atoms with Gasteiger partial charge in [0.25, 0.3) is 11.8 Å². The number of rotatable bonds is 8. The van der Waals surface area contributed by atoms with Gasteiger partial charge < -0.3 is 10.6 Å². The molecule has 0 aromatic heterocycles. The van der Waals surface area contributed by atoms with Crippen LogP contribution < -0.4 is 10.6 Å². The number of carbonyl (C=O) groups is 2. The van der Waals surface area contributed by atoms with Crippen molar-refractivity contribution in [2.45, 2.75) is 6.18 Å². The Morgan fingerprint density at radius 2 is 1.30 bits per heavy atom. The Balaban J connectivity index is 1.20. The molecule has 2 N–H and O–H groups in total. The average molecular weight is 577 g/mol. The second kappa shape index (κ2) is 13.0. The third kappa shape index (κ3) is 7.45. The summed E-state index contributed by atoms with van der Waals surface area (Å²) in [5.74, 6) is -0.750. The van der Waals surface area contributed by atoms with E-state index in [1.54, 1.807) is 48.5 Å². The van der Waals surface area contributed by atoms with E-state index in [1.165, 1.54) is 12.1 Å². The van der Waals surface area contributed by atoms with Crippen LogP contribution in [0.5, 0.6) is 0 Å². The molecule has 0 atom stereocenters. The Labute approximate surface area is 247 Å². The Hall–Kier alpha value is -5.43. The fraction of sp³-hybridized carbons (Fsp3) is 0.0556. The molecule has 0 aliphatic rings.